The topological polar surface area (TPSA) is 103 Å². The molecule has 4 N–H and O–H groups in total. The van der Waals surface area contributed by atoms with Crippen molar-refractivity contribution in [2.45, 2.75) is 12.5 Å². The molecular weight excluding hydrogens is 258 g/mol. The van der Waals surface area contributed by atoms with Crippen LogP contribution in [-0.4, -0.2) is 52.1 Å². The van der Waals surface area contributed by atoms with Crippen LogP contribution in [-0.2, 0) is 0 Å². The number of carbonyl (C=O) groups excluding carboxylic acids is 1. The summed E-state index contributed by atoms with van der Waals surface area (Å²) in [5, 5.41) is 16.4. The molecule has 2 aromatic heterocycles. The second kappa shape index (κ2) is 5.56. The van der Waals surface area contributed by atoms with Crippen LogP contribution < -0.4 is 10.6 Å². The molecule has 106 valence electrons. The lowest BCUT2D eigenvalue weighted by molar-refractivity contribution is 0.112. The molecule has 20 heavy (non-hydrogen) atoms. The van der Waals surface area contributed by atoms with Crippen molar-refractivity contribution in [2.24, 2.45) is 5.92 Å². The summed E-state index contributed by atoms with van der Waals surface area (Å²) in [6.45, 7) is 1.79. The molecule has 1 aliphatic rings. The number of rotatable bonds is 5. The highest BCUT2D eigenvalue weighted by molar-refractivity contribution is 6.01. The Labute approximate surface area is 115 Å². The van der Waals surface area contributed by atoms with Crippen LogP contribution in [0.15, 0.2) is 12.5 Å². The molecule has 7 heteroatoms. The standard InChI is InChI=1S/C13H17N5O2/c19-5-9-4-16-13-11(9)12(17-7-18-13)15-3-8-1-10(6-20)14-2-8/h4-5,7-8,10,14,20H,1-3,6H2,(H2,15,16,17,18)/t8-,10+/m1/s1. The largest absolute Gasteiger partial charge is 0.395 e. The molecule has 0 aromatic carbocycles. The predicted octanol–water partition coefficient (Wildman–Crippen LogP) is 0.153. The van der Waals surface area contributed by atoms with E-state index in [1.165, 1.54) is 6.33 Å². The fourth-order valence-electron chi connectivity index (χ4n) is 2.65. The molecular formula is C13H17N5O2. The number of fused-ring (bicyclic) bond motifs is 1. The second-order valence-electron chi connectivity index (χ2n) is 5.08. The normalized spacial score (nSPS) is 22.2. The van der Waals surface area contributed by atoms with Gasteiger partial charge in [0.2, 0.25) is 0 Å². The number of aliphatic hydroxyl groups excluding tert-OH is 1. The summed E-state index contributed by atoms with van der Waals surface area (Å²) in [5.74, 6) is 1.11. The monoisotopic (exact) mass is 275 g/mol. The van der Waals surface area contributed by atoms with Crippen molar-refractivity contribution in [2.75, 3.05) is 25.0 Å². The van der Waals surface area contributed by atoms with E-state index in [0.717, 1.165) is 31.2 Å². The molecule has 7 nitrogen and oxygen atoms in total. The first kappa shape index (κ1) is 13.0. The minimum Gasteiger partial charge on any atom is -0.395 e. The number of anilines is 1. The van der Waals surface area contributed by atoms with Crippen LogP contribution in [0.5, 0.6) is 0 Å². The van der Waals surface area contributed by atoms with Crippen LogP contribution >= 0.6 is 0 Å². The minimum absolute atomic E-state index is 0.168. The third-order valence-electron chi connectivity index (χ3n) is 3.72. The van der Waals surface area contributed by atoms with Gasteiger partial charge in [0.15, 0.2) is 6.29 Å². The Morgan fingerprint density at radius 1 is 1.50 bits per heavy atom. The SMILES string of the molecule is O=Cc1c[nH]c2ncnc(NC[C@H]3CN[C@H](CO)C3)c12. The van der Waals surface area contributed by atoms with Gasteiger partial charge in [-0.2, -0.15) is 0 Å². The lowest BCUT2D eigenvalue weighted by Gasteiger charge is -2.11. The first-order valence-corrected chi connectivity index (χ1v) is 6.67. The molecule has 3 rings (SSSR count). The quantitative estimate of drug-likeness (QED) is 0.579. The summed E-state index contributed by atoms with van der Waals surface area (Å²) in [6, 6.07) is 0.185. The first-order valence-electron chi connectivity index (χ1n) is 6.67. The van der Waals surface area contributed by atoms with Gasteiger partial charge in [0.25, 0.3) is 0 Å². The van der Waals surface area contributed by atoms with Crippen LogP contribution in [0, 0.1) is 5.92 Å². The number of carbonyl (C=O) groups is 1. The number of hydrogen-bond acceptors (Lipinski definition) is 6. The van der Waals surface area contributed by atoms with Crippen molar-refractivity contribution in [3.05, 3.63) is 18.1 Å². The molecule has 3 heterocycles. The van der Waals surface area contributed by atoms with Gasteiger partial charge < -0.3 is 20.7 Å². The highest BCUT2D eigenvalue weighted by Crippen LogP contribution is 2.23. The summed E-state index contributed by atoms with van der Waals surface area (Å²) in [5.41, 5.74) is 1.21. The highest BCUT2D eigenvalue weighted by atomic mass is 16.3. The Kier molecular flexibility index (Phi) is 3.62. The third kappa shape index (κ3) is 2.37. The summed E-state index contributed by atoms with van der Waals surface area (Å²) >= 11 is 0. The molecule has 0 saturated carbocycles. The maximum atomic E-state index is 11.0. The fraction of sp³-hybridized carbons (Fsp3) is 0.462. The van der Waals surface area contributed by atoms with Gasteiger partial charge >= 0.3 is 0 Å². The van der Waals surface area contributed by atoms with Crippen LogP contribution in [0.25, 0.3) is 11.0 Å². The number of hydrogen-bond donors (Lipinski definition) is 4. The van der Waals surface area contributed by atoms with E-state index in [1.807, 2.05) is 0 Å². The van der Waals surface area contributed by atoms with E-state index in [2.05, 4.69) is 25.6 Å². The first-order chi connectivity index (χ1) is 9.81. The maximum absolute atomic E-state index is 11.0. The predicted molar refractivity (Wildman–Crippen MR) is 74.7 cm³/mol. The molecule has 0 radical (unpaired) electrons. The van der Waals surface area contributed by atoms with Gasteiger partial charge in [-0.3, -0.25) is 4.79 Å². The van der Waals surface area contributed by atoms with E-state index in [1.54, 1.807) is 6.20 Å². The van der Waals surface area contributed by atoms with Crippen LogP contribution in [0.4, 0.5) is 5.82 Å². The number of aromatic nitrogens is 3. The molecule has 0 bridgehead atoms. The molecule has 2 aromatic rings. The average Bonchev–Trinajstić information content (AvgIpc) is 3.11. The van der Waals surface area contributed by atoms with Gasteiger partial charge in [-0.05, 0) is 12.3 Å². The summed E-state index contributed by atoms with van der Waals surface area (Å²) in [7, 11) is 0. The van der Waals surface area contributed by atoms with Crippen LogP contribution in [0.1, 0.15) is 16.8 Å². The van der Waals surface area contributed by atoms with Crippen molar-refractivity contribution >= 4 is 23.1 Å². The number of nitrogens with zero attached hydrogens (tertiary/aromatic N) is 2. The van der Waals surface area contributed by atoms with Crippen molar-refractivity contribution in [1.82, 2.24) is 20.3 Å². The number of nitrogens with one attached hydrogen (secondary N) is 3. The summed E-state index contributed by atoms with van der Waals surface area (Å²) in [4.78, 5) is 22.3. The number of aldehydes is 1. The molecule has 2 atom stereocenters. The van der Waals surface area contributed by atoms with Crippen molar-refractivity contribution in [1.29, 1.82) is 0 Å². The minimum atomic E-state index is 0.168. The zero-order valence-electron chi connectivity index (χ0n) is 11.0. The highest BCUT2D eigenvalue weighted by Gasteiger charge is 2.23. The van der Waals surface area contributed by atoms with Crippen LogP contribution in [0.3, 0.4) is 0 Å². The Morgan fingerprint density at radius 3 is 3.15 bits per heavy atom. The second-order valence-corrected chi connectivity index (χ2v) is 5.08. The van der Waals surface area contributed by atoms with E-state index in [9.17, 15) is 4.79 Å². The number of aliphatic hydroxyl groups is 1. The molecule has 1 saturated heterocycles. The molecule has 0 aliphatic carbocycles. The lowest BCUT2D eigenvalue weighted by atomic mass is 10.1. The van der Waals surface area contributed by atoms with E-state index in [-0.39, 0.29) is 12.6 Å². The molecule has 1 fully saturated rings. The lowest BCUT2D eigenvalue weighted by Crippen LogP contribution is -2.24. The smallest absolute Gasteiger partial charge is 0.152 e. The van der Waals surface area contributed by atoms with Gasteiger partial charge in [-0.15, -0.1) is 0 Å². The van der Waals surface area contributed by atoms with E-state index in [4.69, 9.17) is 5.11 Å². The Bertz CT molecular complexity index is 612. The Balaban J connectivity index is 1.74. The molecule has 0 amide bonds. The van der Waals surface area contributed by atoms with Gasteiger partial charge in [-0.25, -0.2) is 9.97 Å². The Morgan fingerprint density at radius 2 is 2.40 bits per heavy atom. The molecule has 0 unspecified atom stereocenters. The van der Waals surface area contributed by atoms with E-state index < -0.39 is 0 Å². The fourth-order valence-corrected chi connectivity index (χ4v) is 2.65. The van der Waals surface area contributed by atoms with Crippen molar-refractivity contribution in [3.8, 4) is 0 Å². The van der Waals surface area contributed by atoms with Crippen LogP contribution in [0.2, 0.25) is 0 Å². The zero-order valence-corrected chi connectivity index (χ0v) is 11.0. The Hall–Kier alpha value is -1.99. The third-order valence-corrected chi connectivity index (χ3v) is 3.72. The molecule has 1 aliphatic heterocycles. The van der Waals surface area contributed by atoms with Gasteiger partial charge in [0.1, 0.15) is 17.8 Å². The summed E-state index contributed by atoms with van der Waals surface area (Å²) in [6.07, 6.45) is 4.84. The number of aromatic amines is 1. The van der Waals surface area contributed by atoms with Crippen molar-refractivity contribution in [3.63, 3.8) is 0 Å². The van der Waals surface area contributed by atoms with Crippen molar-refractivity contribution < 1.29 is 9.90 Å². The number of H-pyrrole nitrogens is 1. The maximum Gasteiger partial charge on any atom is 0.152 e. The molecule has 0 spiro atoms. The van der Waals surface area contributed by atoms with Gasteiger partial charge in [0, 0.05) is 30.9 Å². The van der Waals surface area contributed by atoms with E-state index >= 15 is 0 Å². The van der Waals surface area contributed by atoms with Gasteiger partial charge in [0.05, 0.1) is 12.0 Å². The van der Waals surface area contributed by atoms with E-state index in [0.29, 0.717) is 22.9 Å². The summed E-state index contributed by atoms with van der Waals surface area (Å²) < 4.78 is 0. The zero-order chi connectivity index (χ0) is 13.9. The van der Waals surface area contributed by atoms with Gasteiger partial charge in [-0.1, -0.05) is 0 Å². The average molecular weight is 275 g/mol.